The molecule has 0 atom stereocenters. The van der Waals surface area contributed by atoms with Gasteiger partial charge in [0, 0.05) is 25.4 Å². The zero-order valence-electron chi connectivity index (χ0n) is 17.2. The lowest BCUT2D eigenvalue weighted by Crippen LogP contribution is -2.24. The summed E-state index contributed by atoms with van der Waals surface area (Å²) < 4.78 is 1.57. The lowest BCUT2D eigenvalue weighted by molar-refractivity contribution is -0.111. The molecular weight excluding hydrogens is 404 g/mol. The monoisotopic (exact) mass is 426 g/mol. The second-order valence-electron chi connectivity index (χ2n) is 7.07. The summed E-state index contributed by atoms with van der Waals surface area (Å²) in [6.45, 7) is 0.978. The molecule has 0 aliphatic carbocycles. The Morgan fingerprint density at radius 3 is 2.66 bits per heavy atom. The third-order valence-corrected chi connectivity index (χ3v) is 4.82. The molecule has 2 aromatic carbocycles. The molecule has 0 spiro atoms. The van der Waals surface area contributed by atoms with Gasteiger partial charge in [-0.25, -0.2) is 9.97 Å². The van der Waals surface area contributed by atoms with Crippen molar-refractivity contribution in [1.29, 1.82) is 0 Å². The fourth-order valence-electron chi connectivity index (χ4n) is 3.14. The van der Waals surface area contributed by atoms with Crippen molar-refractivity contribution >= 4 is 40.1 Å². The number of benzene rings is 2. The number of carbonyl (C=O) groups is 1. The van der Waals surface area contributed by atoms with E-state index in [-0.39, 0.29) is 11.5 Å². The number of nitrogens with two attached hydrogens (primary N) is 1. The largest absolute Gasteiger partial charge is 0.397 e. The number of rotatable bonds is 7. The molecule has 8 heteroatoms. The van der Waals surface area contributed by atoms with Crippen LogP contribution in [0.2, 0.25) is 0 Å². The maximum Gasteiger partial charge on any atom is 0.261 e. The van der Waals surface area contributed by atoms with Gasteiger partial charge >= 0.3 is 0 Å². The highest BCUT2D eigenvalue weighted by Gasteiger charge is 2.04. The van der Waals surface area contributed by atoms with Crippen LogP contribution in [0.4, 0.5) is 17.2 Å². The van der Waals surface area contributed by atoms with E-state index in [9.17, 15) is 9.59 Å². The molecule has 0 saturated heterocycles. The maximum atomic E-state index is 12.5. The minimum Gasteiger partial charge on any atom is -0.397 e. The Hall–Kier alpha value is -4.46. The SMILES string of the molecule is Nc1ccccc1NC(=O)C=Cc1ccc(NCCn2cnc3ccccc3c2=O)nc1. The number of nitrogens with one attached hydrogen (secondary N) is 2. The first-order valence-corrected chi connectivity index (χ1v) is 10.1. The van der Waals surface area contributed by atoms with E-state index in [2.05, 4.69) is 20.6 Å². The number of aromatic nitrogens is 3. The summed E-state index contributed by atoms with van der Waals surface area (Å²) in [5.41, 5.74) is 8.30. The molecule has 0 saturated carbocycles. The Morgan fingerprint density at radius 2 is 1.84 bits per heavy atom. The minimum atomic E-state index is -0.278. The normalized spacial score (nSPS) is 11.0. The topological polar surface area (TPSA) is 115 Å². The summed E-state index contributed by atoms with van der Waals surface area (Å²) in [6.07, 6.45) is 6.32. The molecular formula is C24H22N6O2. The molecule has 2 aromatic heterocycles. The highest BCUT2D eigenvalue weighted by Crippen LogP contribution is 2.16. The predicted octanol–water partition coefficient (Wildman–Crippen LogP) is 3.14. The van der Waals surface area contributed by atoms with E-state index in [0.717, 1.165) is 5.56 Å². The van der Waals surface area contributed by atoms with Crippen molar-refractivity contribution in [3.63, 3.8) is 0 Å². The van der Waals surface area contributed by atoms with Crippen LogP contribution in [0.25, 0.3) is 17.0 Å². The average molecular weight is 426 g/mol. The van der Waals surface area contributed by atoms with Gasteiger partial charge in [-0.1, -0.05) is 24.3 Å². The third kappa shape index (κ3) is 4.99. The molecule has 4 aromatic rings. The Kier molecular flexibility index (Phi) is 6.22. The van der Waals surface area contributed by atoms with E-state index in [0.29, 0.717) is 41.2 Å². The van der Waals surface area contributed by atoms with Crippen LogP contribution in [-0.4, -0.2) is 27.0 Å². The molecule has 160 valence electrons. The van der Waals surface area contributed by atoms with Crippen LogP contribution >= 0.6 is 0 Å². The van der Waals surface area contributed by atoms with Crippen LogP contribution in [0.3, 0.4) is 0 Å². The fourth-order valence-corrected chi connectivity index (χ4v) is 3.14. The van der Waals surface area contributed by atoms with E-state index in [1.807, 2.05) is 30.3 Å². The number of anilines is 3. The molecule has 0 aliphatic rings. The zero-order valence-corrected chi connectivity index (χ0v) is 17.2. The number of para-hydroxylation sites is 3. The van der Waals surface area contributed by atoms with Crippen molar-refractivity contribution in [2.45, 2.75) is 6.54 Å². The van der Waals surface area contributed by atoms with Crippen molar-refractivity contribution in [2.24, 2.45) is 0 Å². The number of nitrogens with zero attached hydrogens (tertiary/aromatic N) is 3. The molecule has 4 N–H and O–H groups in total. The van der Waals surface area contributed by atoms with Crippen LogP contribution in [-0.2, 0) is 11.3 Å². The lowest BCUT2D eigenvalue weighted by Gasteiger charge is -2.08. The Balaban J connectivity index is 1.31. The zero-order chi connectivity index (χ0) is 22.3. The van der Waals surface area contributed by atoms with Gasteiger partial charge in [0.05, 0.1) is 28.6 Å². The Labute approximate surface area is 184 Å². The first kappa shape index (κ1) is 20.8. The van der Waals surface area contributed by atoms with Gasteiger partial charge in [-0.2, -0.15) is 0 Å². The Bertz CT molecular complexity index is 1330. The second-order valence-corrected chi connectivity index (χ2v) is 7.07. The Morgan fingerprint density at radius 1 is 1.03 bits per heavy atom. The standard InChI is InChI=1S/C24H22N6O2/c25-19-6-2-4-8-21(19)29-23(31)12-10-17-9-11-22(27-15-17)26-13-14-30-16-28-20-7-3-1-5-18(20)24(30)32/h1-12,15-16H,13-14,25H2,(H,26,27)(H,29,31). The minimum absolute atomic E-state index is 0.0682. The van der Waals surface area contributed by atoms with Gasteiger partial charge in [-0.3, -0.25) is 14.2 Å². The molecule has 1 amide bonds. The van der Waals surface area contributed by atoms with Gasteiger partial charge in [0.25, 0.3) is 5.56 Å². The van der Waals surface area contributed by atoms with Gasteiger partial charge < -0.3 is 16.4 Å². The van der Waals surface area contributed by atoms with Gasteiger partial charge in [0.1, 0.15) is 5.82 Å². The predicted molar refractivity (Wildman–Crippen MR) is 127 cm³/mol. The van der Waals surface area contributed by atoms with Gasteiger partial charge in [-0.05, 0) is 48.0 Å². The van der Waals surface area contributed by atoms with Crippen LogP contribution in [0, 0.1) is 0 Å². The summed E-state index contributed by atoms with van der Waals surface area (Å²) in [7, 11) is 0. The quantitative estimate of drug-likeness (QED) is 0.309. The summed E-state index contributed by atoms with van der Waals surface area (Å²) in [4.78, 5) is 33.2. The van der Waals surface area contributed by atoms with E-state index in [4.69, 9.17) is 5.73 Å². The van der Waals surface area contributed by atoms with Gasteiger partial charge in [-0.15, -0.1) is 0 Å². The molecule has 0 bridgehead atoms. The fraction of sp³-hybridized carbons (Fsp3) is 0.0833. The highest BCUT2D eigenvalue weighted by atomic mass is 16.1. The van der Waals surface area contributed by atoms with Crippen LogP contribution in [0.5, 0.6) is 0 Å². The van der Waals surface area contributed by atoms with Crippen molar-refractivity contribution in [1.82, 2.24) is 14.5 Å². The molecule has 4 rings (SSSR count). The van der Waals surface area contributed by atoms with Gasteiger partial charge in [0.2, 0.25) is 5.91 Å². The number of nitrogen functional groups attached to an aromatic ring is 1. The number of hydrogen-bond donors (Lipinski definition) is 3. The molecule has 0 unspecified atom stereocenters. The molecule has 0 radical (unpaired) electrons. The van der Waals surface area contributed by atoms with E-state index in [1.165, 1.54) is 6.08 Å². The van der Waals surface area contributed by atoms with Crippen LogP contribution in [0.15, 0.2) is 84.1 Å². The number of amides is 1. The maximum absolute atomic E-state index is 12.5. The van der Waals surface area contributed by atoms with Crippen molar-refractivity contribution in [3.05, 3.63) is 95.2 Å². The molecule has 0 fully saturated rings. The average Bonchev–Trinajstić information content (AvgIpc) is 2.82. The summed E-state index contributed by atoms with van der Waals surface area (Å²) in [5.74, 6) is 0.394. The summed E-state index contributed by atoms with van der Waals surface area (Å²) >= 11 is 0. The molecule has 0 aliphatic heterocycles. The molecule has 32 heavy (non-hydrogen) atoms. The van der Waals surface area contributed by atoms with Crippen molar-refractivity contribution in [2.75, 3.05) is 22.9 Å². The molecule has 2 heterocycles. The number of pyridine rings is 1. The first-order chi connectivity index (χ1) is 15.6. The summed E-state index contributed by atoms with van der Waals surface area (Å²) in [5, 5.41) is 6.52. The number of fused-ring (bicyclic) bond motifs is 1. The van der Waals surface area contributed by atoms with Crippen molar-refractivity contribution in [3.8, 4) is 0 Å². The third-order valence-electron chi connectivity index (χ3n) is 4.82. The first-order valence-electron chi connectivity index (χ1n) is 10.1. The van der Waals surface area contributed by atoms with E-state index in [1.54, 1.807) is 53.5 Å². The lowest BCUT2D eigenvalue weighted by atomic mass is 10.2. The summed E-state index contributed by atoms with van der Waals surface area (Å²) in [6, 6.07) is 18.0. The van der Waals surface area contributed by atoms with Crippen LogP contribution in [0.1, 0.15) is 5.56 Å². The van der Waals surface area contributed by atoms with Crippen molar-refractivity contribution < 1.29 is 4.79 Å². The van der Waals surface area contributed by atoms with Gasteiger partial charge in [0.15, 0.2) is 0 Å². The van der Waals surface area contributed by atoms with E-state index >= 15 is 0 Å². The van der Waals surface area contributed by atoms with E-state index < -0.39 is 0 Å². The number of hydrogen-bond acceptors (Lipinski definition) is 6. The smallest absolute Gasteiger partial charge is 0.261 e. The van der Waals surface area contributed by atoms with Crippen LogP contribution < -0.4 is 21.9 Å². The second kappa shape index (κ2) is 9.57. The molecule has 8 nitrogen and oxygen atoms in total. The number of carbonyl (C=O) groups excluding carboxylic acids is 1. The highest BCUT2D eigenvalue weighted by molar-refractivity contribution is 6.03.